The zero-order valence-electron chi connectivity index (χ0n) is 77.0. The molecule has 1 heterocycles. The number of hydrogen-bond acceptors (Lipinski definition) is 21. The molecular weight excluding hydrogens is 1600 g/mol. The molecule has 0 spiro atoms. The lowest BCUT2D eigenvalue weighted by atomic mass is 9.94. The van der Waals surface area contributed by atoms with E-state index in [0.29, 0.717) is 12.8 Å². The highest BCUT2D eigenvalue weighted by Crippen LogP contribution is 2.25. The molecule has 0 radical (unpaired) electrons. The van der Waals surface area contributed by atoms with Gasteiger partial charge in [-0.1, -0.05) is 69.2 Å². The van der Waals surface area contributed by atoms with E-state index in [0.717, 1.165) is 0 Å². The maximum atomic E-state index is 14.5. The van der Waals surface area contributed by atoms with Crippen molar-refractivity contribution in [3.63, 3.8) is 0 Å². The van der Waals surface area contributed by atoms with E-state index in [1.54, 1.807) is 55.4 Å². The van der Waals surface area contributed by atoms with Crippen molar-refractivity contribution >= 4 is 118 Å². The van der Waals surface area contributed by atoms with Crippen LogP contribution in [0, 0.1) is 23.7 Å². The molecule has 1 rings (SSSR count). The number of carbonyl (C=O) groups is 20. The molecule has 0 aromatic rings. The highest BCUT2D eigenvalue weighted by atomic mass is 16.3. The predicted octanol–water partition coefficient (Wildman–Crippen LogP) is -2.71. The lowest BCUT2D eigenvalue weighted by molar-refractivity contribution is -0.146. The summed E-state index contributed by atoms with van der Waals surface area (Å²) in [5, 5.41) is 53.7. The van der Waals surface area contributed by atoms with Gasteiger partial charge in [0.15, 0.2) is 0 Å². The smallest absolute Gasteiger partial charge is 0.248 e. The van der Waals surface area contributed by atoms with Crippen LogP contribution in [0.2, 0.25) is 0 Å². The Hall–Kier alpha value is -10.6. The van der Waals surface area contributed by atoms with Crippen molar-refractivity contribution in [2.75, 3.05) is 26.2 Å². The molecule has 22 N–H and O–H groups in total. The standard InChI is InChI=1S/C82H144N20O21/c1-27-81(25,99-65(114)53(38-45(7)8)89-60(109)47(11)87-58(107)40-85-67(116)75(13,14)94-48(12)104)72(121)92-51(32-34-57(84)106)62(111)96-77(17,18)69(118)93-54(39-46(9)10)64(113)97-76(15,16)68(117)86-41-59(108)95-82(26,28-2)73(122)101-80(23,24)74(123)102-35-29-30-55(102)66(115)90-52(37-44(5)6)63(112)98-79(21,22)71(120)100-78(19,20)70(119)91-50(31-33-56(83)105)61(110)88-49(42-103)36-43(3)4/h43-47,49-55,103H,27-42H2,1-26H3,(H2,83,105)(H2,84,106)(H,85,116)(H,86,117)(H,87,107)(H,88,110)(H,89,109)(H,90,115)(H,91,119)(H,92,121)(H,93,118)(H,94,104)(H,95,108)(H,96,111)(H,97,113)(H,98,112)(H,99,114)(H,100,120)(H,101,122)/t47-,49?,50-,51-,52-,53-,54-,55-,81-,82-/m0/s1. The van der Waals surface area contributed by atoms with E-state index >= 15 is 0 Å². The average Bonchev–Trinajstić information content (AvgIpc) is 1.74. The molecule has 1 aliphatic rings. The van der Waals surface area contributed by atoms with Crippen molar-refractivity contribution in [2.24, 2.45) is 35.1 Å². The fourth-order valence-electron chi connectivity index (χ4n) is 12.7. The second-order valence-corrected chi connectivity index (χ2v) is 37.1. The normalized spacial score (nSPS) is 15.9. The summed E-state index contributed by atoms with van der Waals surface area (Å²) in [6.07, 6.45) is -0.483. The zero-order chi connectivity index (χ0) is 95.4. The lowest BCUT2D eigenvalue weighted by Crippen LogP contribution is -2.66. The van der Waals surface area contributed by atoms with E-state index in [4.69, 9.17) is 11.5 Å². The first-order chi connectivity index (χ1) is 56.2. The van der Waals surface area contributed by atoms with Crippen LogP contribution in [0.5, 0.6) is 0 Å². The Morgan fingerprint density at radius 3 is 1.18 bits per heavy atom. The predicted molar refractivity (Wildman–Crippen MR) is 454 cm³/mol. The largest absolute Gasteiger partial charge is 0.394 e. The molecule has 1 aliphatic heterocycles. The first-order valence-electron chi connectivity index (χ1n) is 41.9. The Morgan fingerprint density at radius 1 is 0.374 bits per heavy atom. The molecule has 20 amide bonds. The molecule has 0 bridgehead atoms. The Labute approximate surface area is 722 Å². The highest BCUT2D eigenvalue weighted by Gasteiger charge is 2.48. The van der Waals surface area contributed by atoms with Crippen LogP contribution >= 0.6 is 0 Å². The Balaban J connectivity index is 3.25. The first-order valence-corrected chi connectivity index (χ1v) is 41.9. The third-order valence-corrected chi connectivity index (χ3v) is 20.6. The van der Waals surface area contributed by atoms with E-state index in [9.17, 15) is 101 Å². The number of amides is 20. The number of rotatable bonds is 51. The first kappa shape index (κ1) is 110. The molecule has 41 heteroatoms. The minimum Gasteiger partial charge on any atom is -0.394 e. The summed E-state index contributed by atoms with van der Waals surface area (Å²) < 4.78 is 0. The van der Waals surface area contributed by atoms with Crippen molar-refractivity contribution in [3.05, 3.63) is 0 Å². The van der Waals surface area contributed by atoms with Crippen molar-refractivity contribution in [3.8, 4) is 0 Å². The highest BCUT2D eigenvalue weighted by molar-refractivity contribution is 6.04. The molecule has 0 saturated carbocycles. The van der Waals surface area contributed by atoms with Crippen molar-refractivity contribution < 1.29 is 101 Å². The summed E-state index contributed by atoms with van der Waals surface area (Å²) in [6.45, 7) is 37.4. The van der Waals surface area contributed by atoms with Gasteiger partial charge in [0.1, 0.15) is 86.6 Å². The van der Waals surface area contributed by atoms with Crippen molar-refractivity contribution in [2.45, 2.75) is 350 Å². The fraction of sp³-hybridized carbons (Fsp3) is 0.756. The molecular formula is C82H144N20O21. The number of likely N-dealkylation sites (tertiary alicyclic amines) is 1. The molecule has 1 saturated heterocycles. The number of nitrogens with two attached hydrogens (primary N) is 2. The zero-order valence-corrected chi connectivity index (χ0v) is 77.0. The Morgan fingerprint density at radius 2 is 0.740 bits per heavy atom. The summed E-state index contributed by atoms with van der Waals surface area (Å²) in [5.74, 6) is -16.7. The summed E-state index contributed by atoms with van der Waals surface area (Å²) in [6, 6.07) is -9.84. The molecule has 123 heavy (non-hydrogen) atoms. The summed E-state index contributed by atoms with van der Waals surface area (Å²) in [5.41, 5.74) is -2.98. The number of primary amides is 2. The van der Waals surface area contributed by atoms with Gasteiger partial charge in [-0.3, -0.25) is 95.9 Å². The van der Waals surface area contributed by atoms with E-state index in [-0.39, 0.29) is 81.6 Å². The minimum absolute atomic E-state index is 0.0191. The number of nitrogens with one attached hydrogen (secondary N) is 17. The lowest BCUT2D eigenvalue weighted by Gasteiger charge is -2.37. The summed E-state index contributed by atoms with van der Waals surface area (Å²) >= 11 is 0. The van der Waals surface area contributed by atoms with E-state index in [2.05, 4.69) is 90.4 Å². The number of nitrogens with zero attached hydrogens (tertiary/aromatic N) is 1. The summed E-state index contributed by atoms with van der Waals surface area (Å²) in [4.78, 5) is 273. The maximum absolute atomic E-state index is 14.5. The van der Waals surface area contributed by atoms with Gasteiger partial charge in [-0.05, 0) is 192 Å². The van der Waals surface area contributed by atoms with Gasteiger partial charge in [0.25, 0.3) is 0 Å². The SMILES string of the molecule is CC[C@](C)(NC(=O)CNC(=O)C(C)(C)NC(=O)[C@H](CC(C)C)NC(=O)C(C)(C)NC(=O)[C@H](CCC(N)=O)NC(=O)[C@](C)(CC)NC(=O)[C@H](CC(C)C)NC(=O)[C@H](C)NC(=O)CNC(=O)C(C)(C)NC(C)=O)C(=O)NC(C)(C)C(=O)N1CCC[C@H]1C(=O)N[C@@H](CC(C)C)C(=O)NC(C)(C)C(=O)NC(C)(C)C(=O)N[C@@H](CCC(N)=O)C(=O)NC(CO)CC(C)C. The van der Waals surface area contributed by atoms with E-state index in [1.807, 2.05) is 13.8 Å². The second kappa shape index (κ2) is 47.3. The molecule has 1 unspecified atom stereocenters. The van der Waals surface area contributed by atoms with Gasteiger partial charge < -0.3 is 112 Å². The van der Waals surface area contributed by atoms with Gasteiger partial charge in [0, 0.05) is 26.3 Å². The number of hydrogen-bond donors (Lipinski definition) is 20. The Bertz CT molecular complexity index is 3840. The van der Waals surface area contributed by atoms with Crippen LogP contribution in [-0.4, -0.2) is 247 Å². The monoisotopic (exact) mass is 1750 g/mol. The van der Waals surface area contributed by atoms with Gasteiger partial charge in [-0.15, -0.1) is 0 Å². The number of aliphatic hydroxyl groups excluding tert-OH is 1. The van der Waals surface area contributed by atoms with Crippen LogP contribution in [-0.2, 0) is 95.9 Å². The van der Waals surface area contributed by atoms with Gasteiger partial charge >= 0.3 is 0 Å². The number of aliphatic hydroxyl groups is 1. The molecule has 0 aromatic carbocycles. The van der Waals surface area contributed by atoms with Crippen LogP contribution < -0.4 is 102 Å². The molecule has 698 valence electrons. The summed E-state index contributed by atoms with van der Waals surface area (Å²) in [7, 11) is 0. The van der Waals surface area contributed by atoms with Crippen LogP contribution in [0.4, 0.5) is 0 Å². The van der Waals surface area contributed by atoms with Gasteiger partial charge in [0.2, 0.25) is 118 Å². The van der Waals surface area contributed by atoms with Gasteiger partial charge in [-0.25, -0.2) is 0 Å². The Kier molecular flexibility index (Phi) is 42.4. The maximum Gasteiger partial charge on any atom is 0.248 e. The van der Waals surface area contributed by atoms with Crippen LogP contribution in [0.15, 0.2) is 0 Å². The van der Waals surface area contributed by atoms with E-state index < -0.39 is 243 Å². The van der Waals surface area contributed by atoms with Crippen LogP contribution in [0.3, 0.4) is 0 Å². The van der Waals surface area contributed by atoms with E-state index in [1.165, 1.54) is 116 Å². The quantitative estimate of drug-likeness (QED) is 0.0294. The second-order valence-electron chi connectivity index (χ2n) is 37.1. The minimum atomic E-state index is -1.89. The third-order valence-electron chi connectivity index (χ3n) is 20.6. The molecule has 10 atom stereocenters. The average molecular weight is 1750 g/mol. The van der Waals surface area contributed by atoms with Crippen LogP contribution in [0.1, 0.15) is 257 Å². The third kappa shape index (κ3) is 36.4. The number of carbonyl (C=O) groups excluding carboxylic acids is 20. The van der Waals surface area contributed by atoms with Gasteiger partial charge in [-0.2, -0.15) is 0 Å². The fourth-order valence-corrected chi connectivity index (χ4v) is 12.7. The molecule has 41 nitrogen and oxygen atoms in total. The molecule has 1 fully saturated rings. The van der Waals surface area contributed by atoms with Crippen molar-refractivity contribution in [1.29, 1.82) is 0 Å². The molecule has 0 aliphatic carbocycles. The molecule has 0 aromatic heterocycles. The van der Waals surface area contributed by atoms with Gasteiger partial charge in [0.05, 0.1) is 25.7 Å². The topological polar surface area (TPSA) is 621 Å². The van der Waals surface area contributed by atoms with Crippen molar-refractivity contribution in [1.82, 2.24) is 95.3 Å². The van der Waals surface area contributed by atoms with Crippen LogP contribution in [0.25, 0.3) is 0 Å².